The molecule has 0 atom stereocenters. The van der Waals surface area contributed by atoms with Gasteiger partial charge < -0.3 is 10.5 Å². The molecule has 2 saturated heterocycles. The van der Waals surface area contributed by atoms with E-state index in [4.69, 9.17) is 10.5 Å². The van der Waals surface area contributed by atoms with Gasteiger partial charge in [0, 0.05) is 25.3 Å². The van der Waals surface area contributed by atoms with Crippen LogP contribution in [-0.4, -0.2) is 43.3 Å². The zero-order valence-electron chi connectivity index (χ0n) is 8.30. The van der Waals surface area contributed by atoms with Crippen molar-refractivity contribution in [3.8, 4) is 0 Å². The standard InChI is InChI=1S/C10H20N2O/c11-9-10(3-7-13-8-4-10)12-5-1-2-6-12/h1-9,11H2. The van der Waals surface area contributed by atoms with Crippen LogP contribution in [0.25, 0.3) is 0 Å². The maximum atomic E-state index is 5.92. The maximum absolute atomic E-state index is 5.92. The van der Waals surface area contributed by atoms with Crippen molar-refractivity contribution in [3.63, 3.8) is 0 Å². The number of nitrogens with zero attached hydrogens (tertiary/aromatic N) is 1. The van der Waals surface area contributed by atoms with Crippen molar-refractivity contribution in [1.29, 1.82) is 0 Å². The van der Waals surface area contributed by atoms with Gasteiger partial charge in [0.2, 0.25) is 0 Å². The summed E-state index contributed by atoms with van der Waals surface area (Å²) in [5, 5.41) is 0. The van der Waals surface area contributed by atoms with Crippen LogP contribution in [0.15, 0.2) is 0 Å². The SMILES string of the molecule is NCC1(N2CCCC2)CCOCC1. The Labute approximate surface area is 80.2 Å². The van der Waals surface area contributed by atoms with Crippen LogP contribution in [0.5, 0.6) is 0 Å². The molecular formula is C10H20N2O. The molecule has 2 N–H and O–H groups in total. The fourth-order valence-corrected chi connectivity index (χ4v) is 2.59. The number of ether oxygens (including phenoxy) is 1. The Morgan fingerprint density at radius 2 is 1.77 bits per heavy atom. The van der Waals surface area contributed by atoms with Crippen LogP contribution in [-0.2, 0) is 4.74 Å². The van der Waals surface area contributed by atoms with Gasteiger partial charge in [0.15, 0.2) is 0 Å². The molecule has 3 nitrogen and oxygen atoms in total. The van der Waals surface area contributed by atoms with Gasteiger partial charge in [0.25, 0.3) is 0 Å². The summed E-state index contributed by atoms with van der Waals surface area (Å²) in [6.07, 6.45) is 4.96. The fourth-order valence-electron chi connectivity index (χ4n) is 2.59. The Morgan fingerprint density at radius 1 is 1.15 bits per heavy atom. The van der Waals surface area contributed by atoms with E-state index < -0.39 is 0 Å². The molecule has 0 aromatic rings. The molecular weight excluding hydrogens is 164 g/mol. The van der Waals surface area contributed by atoms with Gasteiger partial charge >= 0.3 is 0 Å². The molecule has 2 aliphatic rings. The van der Waals surface area contributed by atoms with Crippen LogP contribution in [0.2, 0.25) is 0 Å². The molecule has 0 aliphatic carbocycles. The Morgan fingerprint density at radius 3 is 2.31 bits per heavy atom. The first-order valence-corrected chi connectivity index (χ1v) is 5.40. The second-order valence-electron chi connectivity index (χ2n) is 4.23. The molecule has 0 unspecified atom stereocenters. The van der Waals surface area contributed by atoms with E-state index in [0.717, 1.165) is 32.6 Å². The van der Waals surface area contributed by atoms with Crippen molar-refractivity contribution in [3.05, 3.63) is 0 Å². The Balaban J connectivity index is 2.03. The highest BCUT2D eigenvalue weighted by molar-refractivity contribution is 4.95. The molecule has 2 aliphatic heterocycles. The lowest BCUT2D eigenvalue weighted by Gasteiger charge is -2.43. The molecule has 2 fully saturated rings. The predicted molar refractivity (Wildman–Crippen MR) is 52.6 cm³/mol. The summed E-state index contributed by atoms with van der Waals surface area (Å²) >= 11 is 0. The van der Waals surface area contributed by atoms with Gasteiger partial charge in [0.05, 0.1) is 0 Å². The van der Waals surface area contributed by atoms with Gasteiger partial charge in [-0.2, -0.15) is 0 Å². The molecule has 3 heteroatoms. The minimum atomic E-state index is 0.286. The highest BCUT2D eigenvalue weighted by Gasteiger charge is 2.38. The van der Waals surface area contributed by atoms with Crippen LogP contribution in [0.3, 0.4) is 0 Å². The average molecular weight is 184 g/mol. The predicted octanol–water partition coefficient (Wildman–Crippen LogP) is 0.590. The van der Waals surface area contributed by atoms with Gasteiger partial charge in [-0.1, -0.05) is 0 Å². The van der Waals surface area contributed by atoms with Gasteiger partial charge in [-0.3, -0.25) is 4.90 Å². The van der Waals surface area contributed by atoms with E-state index in [1.54, 1.807) is 0 Å². The minimum Gasteiger partial charge on any atom is -0.381 e. The third kappa shape index (κ3) is 1.73. The first kappa shape index (κ1) is 9.44. The highest BCUT2D eigenvalue weighted by atomic mass is 16.5. The molecule has 0 aromatic carbocycles. The topological polar surface area (TPSA) is 38.5 Å². The Hall–Kier alpha value is -0.120. The van der Waals surface area contributed by atoms with Crippen molar-refractivity contribution in [2.45, 2.75) is 31.2 Å². The number of rotatable bonds is 2. The van der Waals surface area contributed by atoms with Crippen LogP contribution in [0.1, 0.15) is 25.7 Å². The molecule has 0 bridgehead atoms. The van der Waals surface area contributed by atoms with Gasteiger partial charge in [0.1, 0.15) is 0 Å². The van der Waals surface area contributed by atoms with Gasteiger partial charge in [-0.25, -0.2) is 0 Å². The lowest BCUT2D eigenvalue weighted by molar-refractivity contribution is -0.0141. The van der Waals surface area contributed by atoms with E-state index in [2.05, 4.69) is 4.90 Å². The van der Waals surface area contributed by atoms with Gasteiger partial charge in [-0.15, -0.1) is 0 Å². The molecule has 0 saturated carbocycles. The quantitative estimate of drug-likeness (QED) is 0.682. The van der Waals surface area contributed by atoms with E-state index in [-0.39, 0.29) is 5.54 Å². The number of hydrogen-bond acceptors (Lipinski definition) is 3. The molecule has 2 rings (SSSR count). The number of nitrogens with two attached hydrogens (primary N) is 1. The van der Waals surface area contributed by atoms with Gasteiger partial charge in [-0.05, 0) is 38.8 Å². The first-order chi connectivity index (χ1) is 6.37. The summed E-state index contributed by atoms with van der Waals surface area (Å²) in [5.74, 6) is 0. The molecule has 0 radical (unpaired) electrons. The summed E-state index contributed by atoms with van der Waals surface area (Å²) in [7, 11) is 0. The van der Waals surface area contributed by atoms with Crippen molar-refractivity contribution in [1.82, 2.24) is 4.90 Å². The second-order valence-corrected chi connectivity index (χ2v) is 4.23. The van der Waals surface area contributed by atoms with E-state index in [9.17, 15) is 0 Å². The van der Waals surface area contributed by atoms with Crippen molar-refractivity contribution in [2.75, 3.05) is 32.8 Å². The fraction of sp³-hybridized carbons (Fsp3) is 1.00. The van der Waals surface area contributed by atoms with E-state index in [1.165, 1.54) is 25.9 Å². The van der Waals surface area contributed by atoms with Crippen LogP contribution < -0.4 is 5.73 Å². The van der Waals surface area contributed by atoms with Crippen molar-refractivity contribution < 1.29 is 4.74 Å². The Kier molecular flexibility index (Phi) is 2.86. The highest BCUT2D eigenvalue weighted by Crippen LogP contribution is 2.29. The summed E-state index contributed by atoms with van der Waals surface area (Å²) in [6.45, 7) is 5.09. The largest absolute Gasteiger partial charge is 0.381 e. The number of hydrogen-bond donors (Lipinski definition) is 1. The second kappa shape index (κ2) is 3.95. The van der Waals surface area contributed by atoms with E-state index in [1.807, 2.05) is 0 Å². The minimum absolute atomic E-state index is 0.286. The Bertz CT molecular complexity index is 160. The van der Waals surface area contributed by atoms with E-state index in [0.29, 0.717) is 0 Å². The first-order valence-electron chi connectivity index (χ1n) is 5.40. The molecule has 2 heterocycles. The zero-order chi connectivity index (χ0) is 9.15. The zero-order valence-corrected chi connectivity index (χ0v) is 8.30. The lowest BCUT2D eigenvalue weighted by atomic mass is 9.88. The molecule has 0 spiro atoms. The third-order valence-corrected chi connectivity index (χ3v) is 3.58. The van der Waals surface area contributed by atoms with Crippen LogP contribution in [0, 0.1) is 0 Å². The molecule has 0 aromatic heterocycles. The van der Waals surface area contributed by atoms with Crippen LogP contribution >= 0.6 is 0 Å². The molecule has 0 amide bonds. The molecule has 76 valence electrons. The normalized spacial score (nSPS) is 29.3. The smallest absolute Gasteiger partial charge is 0.0484 e. The van der Waals surface area contributed by atoms with Crippen molar-refractivity contribution in [2.24, 2.45) is 5.73 Å². The summed E-state index contributed by atoms with van der Waals surface area (Å²) < 4.78 is 5.40. The molecule has 13 heavy (non-hydrogen) atoms. The van der Waals surface area contributed by atoms with Crippen molar-refractivity contribution >= 4 is 0 Å². The average Bonchev–Trinajstić information content (AvgIpc) is 2.72. The summed E-state index contributed by atoms with van der Waals surface area (Å²) in [5.41, 5.74) is 6.21. The van der Waals surface area contributed by atoms with Crippen LogP contribution in [0.4, 0.5) is 0 Å². The maximum Gasteiger partial charge on any atom is 0.0484 e. The monoisotopic (exact) mass is 184 g/mol. The number of likely N-dealkylation sites (tertiary alicyclic amines) is 1. The van der Waals surface area contributed by atoms with E-state index >= 15 is 0 Å². The lowest BCUT2D eigenvalue weighted by Crippen LogP contribution is -2.55. The third-order valence-electron chi connectivity index (χ3n) is 3.58. The summed E-state index contributed by atoms with van der Waals surface area (Å²) in [4.78, 5) is 2.59. The summed E-state index contributed by atoms with van der Waals surface area (Å²) in [6, 6.07) is 0.